The average Bonchev–Trinajstić information content (AvgIpc) is 2.72. The fourth-order valence-corrected chi connectivity index (χ4v) is 8.56. The van der Waals surface area contributed by atoms with Gasteiger partial charge < -0.3 is 10.2 Å². The van der Waals surface area contributed by atoms with Crippen molar-refractivity contribution in [2.24, 2.45) is 5.73 Å². The van der Waals surface area contributed by atoms with Gasteiger partial charge in [0.15, 0.2) is 0 Å². The summed E-state index contributed by atoms with van der Waals surface area (Å²) in [5.41, 5.74) is 7.30. The monoisotopic (exact) mass is 407 g/mol. The van der Waals surface area contributed by atoms with Crippen molar-refractivity contribution < 1.29 is 8.82 Å². The SMILES string of the molecule is CC(C)(C)[Si](OCCC(N)c1ccc(F)cc1)(c1ccccc1)c1ccccc1. The van der Waals surface area contributed by atoms with Crippen molar-refractivity contribution in [1.29, 1.82) is 0 Å². The van der Waals surface area contributed by atoms with E-state index in [2.05, 4.69) is 69.3 Å². The normalized spacial score (nSPS) is 13.3. The summed E-state index contributed by atoms with van der Waals surface area (Å²) in [5, 5.41) is 2.46. The van der Waals surface area contributed by atoms with Gasteiger partial charge in [-0.3, -0.25) is 0 Å². The van der Waals surface area contributed by atoms with Gasteiger partial charge in [-0.25, -0.2) is 4.39 Å². The Hall–Kier alpha value is -2.27. The molecular formula is C25H30FNOSi. The van der Waals surface area contributed by atoms with E-state index in [1.807, 2.05) is 12.1 Å². The topological polar surface area (TPSA) is 35.2 Å². The van der Waals surface area contributed by atoms with E-state index in [-0.39, 0.29) is 16.9 Å². The smallest absolute Gasteiger partial charge is 0.261 e. The highest BCUT2D eigenvalue weighted by atomic mass is 28.4. The van der Waals surface area contributed by atoms with Crippen LogP contribution in [-0.4, -0.2) is 14.9 Å². The molecule has 0 spiro atoms. The maximum absolute atomic E-state index is 13.2. The summed E-state index contributed by atoms with van der Waals surface area (Å²) in [7, 11) is -2.54. The van der Waals surface area contributed by atoms with Crippen LogP contribution in [0.3, 0.4) is 0 Å². The van der Waals surface area contributed by atoms with Crippen molar-refractivity contribution >= 4 is 18.7 Å². The van der Waals surface area contributed by atoms with Gasteiger partial charge in [-0.2, -0.15) is 0 Å². The summed E-state index contributed by atoms with van der Waals surface area (Å²) >= 11 is 0. The van der Waals surface area contributed by atoms with Crippen LogP contribution in [0.1, 0.15) is 38.8 Å². The molecule has 0 radical (unpaired) electrons. The minimum Gasteiger partial charge on any atom is -0.407 e. The van der Waals surface area contributed by atoms with Gasteiger partial charge >= 0.3 is 0 Å². The van der Waals surface area contributed by atoms with Crippen LogP contribution in [0.25, 0.3) is 0 Å². The van der Waals surface area contributed by atoms with Crippen LogP contribution >= 0.6 is 0 Å². The first-order chi connectivity index (χ1) is 13.8. The molecule has 2 nitrogen and oxygen atoms in total. The molecule has 4 heteroatoms. The molecule has 0 fully saturated rings. The van der Waals surface area contributed by atoms with Crippen LogP contribution in [-0.2, 0) is 4.43 Å². The molecule has 0 heterocycles. The zero-order chi connectivity index (χ0) is 20.9. The number of nitrogens with two attached hydrogens (primary N) is 1. The molecule has 0 amide bonds. The second kappa shape index (κ2) is 9.03. The van der Waals surface area contributed by atoms with Crippen molar-refractivity contribution in [2.75, 3.05) is 6.61 Å². The Morgan fingerprint density at radius 2 is 1.31 bits per heavy atom. The molecule has 0 saturated carbocycles. The lowest BCUT2D eigenvalue weighted by atomic mass is 10.1. The largest absolute Gasteiger partial charge is 0.407 e. The van der Waals surface area contributed by atoms with Gasteiger partial charge in [0.25, 0.3) is 8.32 Å². The Balaban J connectivity index is 1.90. The van der Waals surface area contributed by atoms with Crippen LogP contribution in [0.5, 0.6) is 0 Å². The van der Waals surface area contributed by atoms with Crippen molar-refractivity contribution in [1.82, 2.24) is 0 Å². The third-order valence-corrected chi connectivity index (χ3v) is 10.5. The number of benzene rings is 3. The first kappa shape index (κ1) is 21.4. The van der Waals surface area contributed by atoms with Crippen LogP contribution in [0.15, 0.2) is 84.9 Å². The molecule has 2 N–H and O–H groups in total. The number of hydrogen-bond acceptors (Lipinski definition) is 2. The lowest BCUT2D eigenvalue weighted by Gasteiger charge is -2.43. The highest BCUT2D eigenvalue weighted by molar-refractivity contribution is 6.99. The van der Waals surface area contributed by atoms with Crippen molar-refractivity contribution in [3.8, 4) is 0 Å². The Labute approximate surface area is 174 Å². The lowest BCUT2D eigenvalue weighted by Crippen LogP contribution is -2.66. The minimum atomic E-state index is -2.54. The van der Waals surface area contributed by atoms with Crippen LogP contribution < -0.4 is 16.1 Å². The lowest BCUT2D eigenvalue weighted by molar-refractivity contribution is 0.281. The van der Waals surface area contributed by atoms with E-state index in [9.17, 15) is 4.39 Å². The first-order valence-electron chi connectivity index (χ1n) is 10.1. The summed E-state index contributed by atoms with van der Waals surface area (Å²) < 4.78 is 20.1. The fraction of sp³-hybridized carbons (Fsp3) is 0.280. The van der Waals surface area contributed by atoms with Gasteiger partial charge in [-0.15, -0.1) is 0 Å². The fourth-order valence-electron chi connectivity index (χ4n) is 3.98. The zero-order valence-electron chi connectivity index (χ0n) is 17.4. The molecule has 0 aliphatic heterocycles. The van der Waals surface area contributed by atoms with Crippen LogP contribution in [0.2, 0.25) is 5.04 Å². The van der Waals surface area contributed by atoms with Crippen molar-refractivity contribution in [2.45, 2.75) is 38.3 Å². The Morgan fingerprint density at radius 3 is 1.76 bits per heavy atom. The van der Waals surface area contributed by atoms with Gasteiger partial charge in [0.2, 0.25) is 0 Å². The van der Waals surface area contributed by atoms with Gasteiger partial charge in [-0.05, 0) is 39.5 Å². The zero-order valence-corrected chi connectivity index (χ0v) is 18.4. The molecule has 3 aromatic rings. The Morgan fingerprint density at radius 1 is 0.828 bits per heavy atom. The molecule has 0 saturated heterocycles. The average molecular weight is 408 g/mol. The maximum atomic E-state index is 13.2. The molecule has 0 aromatic heterocycles. The highest BCUT2D eigenvalue weighted by Gasteiger charge is 2.50. The summed E-state index contributed by atoms with van der Waals surface area (Å²) in [6.07, 6.45) is 0.677. The second-order valence-corrected chi connectivity index (χ2v) is 12.8. The van der Waals surface area contributed by atoms with E-state index in [0.717, 1.165) is 5.56 Å². The third-order valence-electron chi connectivity index (χ3n) is 5.46. The van der Waals surface area contributed by atoms with E-state index in [1.54, 1.807) is 12.1 Å². The molecule has 1 atom stereocenters. The molecule has 29 heavy (non-hydrogen) atoms. The first-order valence-corrected chi connectivity index (χ1v) is 12.0. The molecule has 3 rings (SSSR count). The molecular weight excluding hydrogens is 377 g/mol. The highest BCUT2D eigenvalue weighted by Crippen LogP contribution is 2.37. The third kappa shape index (κ3) is 4.66. The standard InChI is InChI=1S/C25H30FNOSi/c1-25(2,3)29(22-10-6-4-7-11-22,23-12-8-5-9-13-23)28-19-18-24(27)20-14-16-21(26)17-15-20/h4-17,24H,18-19,27H2,1-3H3. The summed E-state index contributed by atoms with van der Waals surface area (Å²) in [5.74, 6) is -0.246. The molecule has 0 aliphatic rings. The van der Waals surface area contributed by atoms with Crippen LogP contribution in [0.4, 0.5) is 4.39 Å². The molecule has 0 aliphatic carbocycles. The van der Waals surface area contributed by atoms with E-state index in [1.165, 1.54) is 22.5 Å². The van der Waals surface area contributed by atoms with E-state index < -0.39 is 8.32 Å². The predicted octanol–water partition coefficient (Wildman–Crippen LogP) is 4.79. The number of halogens is 1. The summed E-state index contributed by atoms with van der Waals surface area (Å²) in [6.45, 7) is 7.34. The quantitative estimate of drug-likeness (QED) is 0.572. The predicted molar refractivity (Wildman–Crippen MR) is 122 cm³/mol. The molecule has 0 bridgehead atoms. The van der Waals surface area contributed by atoms with Gasteiger partial charge in [0, 0.05) is 12.6 Å². The summed E-state index contributed by atoms with van der Waals surface area (Å²) in [4.78, 5) is 0. The number of hydrogen-bond donors (Lipinski definition) is 1. The molecule has 152 valence electrons. The second-order valence-electron chi connectivity index (χ2n) is 8.46. The van der Waals surface area contributed by atoms with Crippen molar-refractivity contribution in [3.05, 3.63) is 96.3 Å². The van der Waals surface area contributed by atoms with E-state index in [0.29, 0.717) is 13.0 Å². The molecule has 1 unspecified atom stereocenters. The number of rotatable bonds is 7. The molecule has 3 aromatic carbocycles. The van der Waals surface area contributed by atoms with Gasteiger partial charge in [0.1, 0.15) is 5.82 Å². The van der Waals surface area contributed by atoms with E-state index >= 15 is 0 Å². The van der Waals surface area contributed by atoms with Gasteiger partial charge in [-0.1, -0.05) is 93.6 Å². The summed E-state index contributed by atoms with van der Waals surface area (Å²) in [6, 6.07) is 27.4. The van der Waals surface area contributed by atoms with E-state index in [4.69, 9.17) is 10.2 Å². The van der Waals surface area contributed by atoms with Gasteiger partial charge in [0.05, 0.1) is 0 Å². The Kier molecular flexibility index (Phi) is 6.68. The minimum absolute atomic E-state index is 0.0598. The van der Waals surface area contributed by atoms with Crippen molar-refractivity contribution in [3.63, 3.8) is 0 Å². The van der Waals surface area contributed by atoms with Crippen LogP contribution in [0, 0.1) is 5.82 Å². The maximum Gasteiger partial charge on any atom is 0.261 e. The Bertz CT molecular complexity index is 852.